The van der Waals surface area contributed by atoms with Crippen molar-refractivity contribution in [1.82, 2.24) is 54.6 Å². The van der Waals surface area contributed by atoms with Crippen LogP contribution >= 0.6 is 0 Å². The van der Waals surface area contributed by atoms with E-state index in [1.807, 2.05) is 42.2 Å². The van der Waals surface area contributed by atoms with Gasteiger partial charge in [-0.25, -0.2) is 14.6 Å². The van der Waals surface area contributed by atoms with Crippen molar-refractivity contribution in [3.05, 3.63) is 67.1 Å². The molecule has 8 rings (SSSR count). The summed E-state index contributed by atoms with van der Waals surface area (Å²) < 4.78 is 23.6. The maximum atomic E-state index is 9.69. The van der Waals surface area contributed by atoms with E-state index >= 15 is 0 Å². The summed E-state index contributed by atoms with van der Waals surface area (Å²) in [6.07, 6.45) is 17.4. The van der Waals surface area contributed by atoms with Crippen LogP contribution in [0.5, 0.6) is 11.6 Å². The molecule has 1 aliphatic carbocycles. The van der Waals surface area contributed by atoms with Gasteiger partial charge >= 0.3 is 0 Å². The van der Waals surface area contributed by atoms with Crippen molar-refractivity contribution in [2.75, 3.05) is 25.1 Å². The van der Waals surface area contributed by atoms with E-state index in [2.05, 4.69) is 51.6 Å². The normalized spacial score (nSPS) is 22.4. The van der Waals surface area contributed by atoms with Gasteiger partial charge in [-0.15, -0.1) is 10.2 Å². The molecule has 1 saturated carbocycles. The van der Waals surface area contributed by atoms with Gasteiger partial charge in [0.05, 0.1) is 44.1 Å². The Kier molecular flexibility index (Phi) is 9.54. The van der Waals surface area contributed by atoms with E-state index in [4.69, 9.17) is 19.3 Å². The van der Waals surface area contributed by atoms with E-state index in [0.717, 1.165) is 50.0 Å². The first-order valence-electron chi connectivity index (χ1n) is 17.6. The molecule has 0 spiro atoms. The molecule has 16 nitrogen and oxygen atoms in total. The van der Waals surface area contributed by atoms with Crippen molar-refractivity contribution in [2.45, 2.75) is 88.8 Å². The zero-order valence-corrected chi connectivity index (χ0v) is 28.5. The molecule has 2 aliphatic heterocycles. The number of morpholine rings is 1. The quantitative estimate of drug-likeness (QED) is 0.188. The number of rotatable bonds is 13. The Morgan fingerprint density at radius 2 is 1.78 bits per heavy atom. The summed E-state index contributed by atoms with van der Waals surface area (Å²) in [6.45, 7) is 5.10. The molecule has 1 N–H and O–H groups in total. The van der Waals surface area contributed by atoms with Crippen molar-refractivity contribution in [3.63, 3.8) is 0 Å². The smallest absolute Gasteiger partial charge is 0.257 e. The number of ether oxygens (including phenoxy) is 3. The molecule has 3 aliphatic rings. The summed E-state index contributed by atoms with van der Waals surface area (Å²) in [7, 11) is 0. The van der Waals surface area contributed by atoms with E-state index in [0.29, 0.717) is 66.7 Å². The molecule has 3 fully saturated rings. The van der Waals surface area contributed by atoms with Gasteiger partial charge in [-0.3, -0.25) is 14.3 Å². The molecule has 0 radical (unpaired) electrons. The molecule has 1 unspecified atom stereocenters. The second-order valence-corrected chi connectivity index (χ2v) is 13.5. The van der Waals surface area contributed by atoms with Gasteiger partial charge in [0.15, 0.2) is 0 Å². The van der Waals surface area contributed by atoms with Crippen LogP contribution in [0.25, 0.3) is 11.1 Å². The Morgan fingerprint density at radius 1 is 1.00 bits per heavy atom. The third-order valence-corrected chi connectivity index (χ3v) is 10.1. The first kappa shape index (κ1) is 32.8. The molecular formula is C35H41N13O3. The fraction of sp³-hybridized carbons (Fsp3) is 0.486. The van der Waals surface area contributed by atoms with Crippen molar-refractivity contribution >= 4 is 11.6 Å². The Balaban J connectivity index is 0.956. The maximum Gasteiger partial charge on any atom is 0.257 e. The average molecular weight is 692 g/mol. The van der Waals surface area contributed by atoms with Crippen LogP contribution in [0.2, 0.25) is 0 Å². The molecule has 51 heavy (non-hydrogen) atoms. The van der Waals surface area contributed by atoms with Crippen LogP contribution in [0.3, 0.4) is 0 Å². The standard InChI is InChI=1S/C35H41N13O3/c1-24(19-46-23-39-43-44-46)51-33-15-25(3-4-26(33)16-36)27-17-37-35(38-18-27)41-32-20-47(42-34(32)50-14-13-45-12-2-11-40-45)28-5-7-29(8-6-28)48-30-9-10-31(48)22-49-21-30/h2-4,11-12,15,17-18,20,23-24,28-31H,5-10,13-14,19,21-22H2,1H3,(H,37,38,41)/t24?,28?,29?,30-,31+. The SMILES string of the molecule is CC(Cn1cnnn1)Oc1cc(-c2cnc(Nc3cn(C4CCC(N5[C@@H]6CC[C@H]5COC6)CC4)nc3OCCn3cccn3)nc2)ccc1C#N. The minimum Gasteiger partial charge on any atom is -0.487 e. The van der Waals surface area contributed by atoms with E-state index in [-0.39, 0.29) is 12.1 Å². The maximum absolute atomic E-state index is 9.69. The van der Waals surface area contributed by atoms with E-state index in [1.165, 1.54) is 19.2 Å². The molecular weight excluding hydrogens is 650 g/mol. The second-order valence-electron chi connectivity index (χ2n) is 13.5. The highest BCUT2D eigenvalue weighted by Gasteiger charge is 2.42. The van der Waals surface area contributed by atoms with E-state index < -0.39 is 0 Å². The largest absolute Gasteiger partial charge is 0.487 e. The summed E-state index contributed by atoms with van der Waals surface area (Å²) in [5.74, 6) is 1.39. The molecule has 2 saturated heterocycles. The van der Waals surface area contributed by atoms with E-state index in [1.54, 1.807) is 29.3 Å². The number of nitrogens with one attached hydrogen (secondary N) is 1. The topological polar surface area (TPSA) is 172 Å². The fourth-order valence-electron chi connectivity index (χ4n) is 7.64. The zero-order valence-electron chi connectivity index (χ0n) is 28.5. The lowest BCUT2D eigenvalue weighted by molar-refractivity contribution is -0.0458. The van der Waals surface area contributed by atoms with Gasteiger partial charge in [0.1, 0.15) is 36.5 Å². The van der Waals surface area contributed by atoms with Gasteiger partial charge in [0, 0.05) is 48.5 Å². The Hall–Kier alpha value is -5.40. The van der Waals surface area contributed by atoms with Crippen molar-refractivity contribution in [1.29, 1.82) is 5.26 Å². The third kappa shape index (κ3) is 7.40. The average Bonchev–Trinajstić information content (AvgIpc) is 3.98. The molecule has 4 aromatic heterocycles. The number of anilines is 2. The van der Waals surface area contributed by atoms with Crippen LogP contribution in [-0.2, 0) is 17.8 Å². The third-order valence-electron chi connectivity index (χ3n) is 10.1. The number of hydrogen-bond donors (Lipinski definition) is 1. The highest BCUT2D eigenvalue weighted by molar-refractivity contribution is 5.67. The van der Waals surface area contributed by atoms with Crippen molar-refractivity contribution in [2.24, 2.45) is 0 Å². The number of aromatic nitrogens is 10. The van der Waals surface area contributed by atoms with Crippen LogP contribution in [-0.4, -0.2) is 98.7 Å². The number of tetrazole rings is 1. The van der Waals surface area contributed by atoms with Crippen molar-refractivity contribution in [3.8, 4) is 28.8 Å². The van der Waals surface area contributed by atoms with Crippen LogP contribution < -0.4 is 14.8 Å². The first-order chi connectivity index (χ1) is 25.1. The predicted molar refractivity (Wildman–Crippen MR) is 184 cm³/mol. The monoisotopic (exact) mass is 691 g/mol. The van der Waals surface area contributed by atoms with Gasteiger partial charge in [-0.2, -0.15) is 10.4 Å². The zero-order chi connectivity index (χ0) is 34.6. The molecule has 1 aromatic carbocycles. The van der Waals surface area contributed by atoms with Gasteiger partial charge in [-0.05, 0) is 79.6 Å². The molecule has 0 amide bonds. The lowest BCUT2D eigenvalue weighted by Crippen LogP contribution is -2.52. The fourth-order valence-corrected chi connectivity index (χ4v) is 7.64. The molecule has 264 valence electrons. The van der Waals surface area contributed by atoms with E-state index in [9.17, 15) is 5.26 Å². The number of hydrogen-bond acceptors (Lipinski definition) is 13. The molecule has 6 heterocycles. The van der Waals surface area contributed by atoms with Gasteiger partial charge in [0.25, 0.3) is 5.88 Å². The minimum absolute atomic E-state index is 0.273. The van der Waals surface area contributed by atoms with Crippen LogP contribution in [0.15, 0.2) is 61.6 Å². The molecule has 2 bridgehead atoms. The summed E-state index contributed by atoms with van der Waals surface area (Å²) in [4.78, 5) is 12.0. The van der Waals surface area contributed by atoms with Crippen molar-refractivity contribution < 1.29 is 14.2 Å². The van der Waals surface area contributed by atoms with Crippen LogP contribution in [0.4, 0.5) is 11.6 Å². The number of fused-ring (bicyclic) bond motifs is 2. The molecule has 5 aromatic rings. The number of nitrogens with zero attached hydrogens (tertiary/aromatic N) is 12. The summed E-state index contributed by atoms with van der Waals surface area (Å²) in [5.41, 5.74) is 2.74. The van der Waals surface area contributed by atoms with Crippen LogP contribution in [0, 0.1) is 11.3 Å². The molecule has 16 heteroatoms. The lowest BCUT2D eigenvalue weighted by atomic mass is 9.89. The number of nitriles is 1. The Bertz CT molecular complexity index is 1900. The summed E-state index contributed by atoms with van der Waals surface area (Å²) >= 11 is 0. The second kappa shape index (κ2) is 14.8. The molecule has 3 atom stereocenters. The predicted octanol–water partition coefficient (Wildman–Crippen LogP) is 4.03. The van der Waals surface area contributed by atoms with Gasteiger partial charge in [0.2, 0.25) is 5.95 Å². The highest BCUT2D eigenvalue weighted by Crippen LogP contribution is 2.39. The highest BCUT2D eigenvalue weighted by atomic mass is 16.5. The number of benzene rings is 1. The summed E-state index contributed by atoms with van der Waals surface area (Å²) in [6, 6.07) is 11.6. The minimum atomic E-state index is -0.273. The van der Waals surface area contributed by atoms with Gasteiger partial charge < -0.3 is 19.5 Å². The van der Waals surface area contributed by atoms with Gasteiger partial charge in [-0.1, -0.05) is 6.07 Å². The Morgan fingerprint density at radius 3 is 2.51 bits per heavy atom. The Labute approximate surface area is 295 Å². The summed E-state index contributed by atoms with van der Waals surface area (Å²) in [5, 5.41) is 33.5. The lowest BCUT2D eigenvalue weighted by Gasteiger charge is -2.43. The first-order valence-corrected chi connectivity index (χ1v) is 17.6. The van der Waals surface area contributed by atoms with Crippen LogP contribution in [0.1, 0.15) is 57.1 Å².